The molecule has 0 aromatic heterocycles. The van der Waals surface area contributed by atoms with Crippen LogP contribution in [0.2, 0.25) is 0 Å². The van der Waals surface area contributed by atoms with Gasteiger partial charge in [-0.2, -0.15) is 0 Å². The first-order chi connectivity index (χ1) is 9.29. The second-order valence-electron chi connectivity index (χ2n) is 4.09. The zero-order valence-electron chi connectivity index (χ0n) is 10.9. The average Bonchev–Trinajstić information content (AvgIpc) is 2.47. The maximum absolute atomic E-state index is 11.5. The number of esters is 1. The molecule has 2 heteroatoms. The van der Waals surface area contributed by atoms with Gasteiger partial charge in [-0.1, -0.05) is 54.6 Å². The SMILES string of the molecule is CCOC(=O)c1ccc(/C=C\c2ccccc2)cc1. The molecule has 2 rings (SSSR count). The van der Waals surface area contributed by atoms with Gasteiger partial charge in [0, 0.05) is 0 Å². The number of hydrogen-bond donors (Lipinski definition) is 0. The Morgan fingerprint density at radius 1 is 0.947 bits per heavy atom. The summed E-state index contributed by atoms with van der Waals surface area (Å²) in [4.78, 5) is 11.5. The van der Waals surface area contributed by atoms with Gasteiger partial charge in [0.25, 0.3) is 0 Å². The molecule has 0 aliphatic heterocycles. The zero-order valence-corrected chi connectivity index (χ0v) is 10.9. The van der Waals surface area contributed by atoms with E-state index in [1.165, 1.54) is 0 Å². The lowest BCUT2D eigenvalue weighted by molar-refractivity contribution is 0.0526. The van der Waals surface area contributed by atoms with Crippen molar-refractivity contribution in [3.63, 3.8) is 0 Å². The molecule has 0 aliphatic carbocycles. The van der Waals surface area contributed by atoms with Crippen LogP contribution in [0.5, 0.6) is 0 Å². The molecule has 96 valence electrons. The second-order valence-corrected chi connectivity index (χ2v) is 4.09. The van der Waals surface area contributed by atoms with E-state index in [2.05, 4.69) is 0 Å². The van der Waals surface area contributed by atoms with Gasteiger partial charge in [-0.15, -0.1) is 0 Å². The van der Waals surface area contributed by atoms with Crippen LogP contribution in [-0.4, -0.2) is 12.6 Å². The van der Waals surface area contributed by atoms with Crippen LogP contribution in [0.1, 0.15) is 28.4 Å². The number of rotatable bonds is 4. The second kappa shape index (κ2) is 6.55. The Morgan fingerprint density at radius 2 is 1.53 bits per heavy atom. The van der Waals surface area contributed by atoms with Gasteiger partial charge in [-0.25, -0.2) is 4.79 Å². The lowest BCUT2D eigenvalue weighted by Crippen LogP contribution is -2.03. The molecule has 0 N–H and O–H groups in total. The Morgan fingerprint density at radius 3 is 2.11 bits per heavy atom. The van der Waals surface area contributed by atoms with Gasteiger partial charge in [-0.3, -0.25) is 0 Å². The summed E-state index contributed by atoms with van der Waals surface area (Å²) in [7, 11) is 0. The molecule has 19 heavy (non-hydrogen) atoms. The lowest BCUT2D eigenvalue weighted by Gasteiger charge is -2.01. The van der Waals surface area contributed by atoms with Crippen LogP contribution in [0.15, 0.2) is 54.6 Å². The van der Waals surface area contributed by atoms with Gasteiger partial charge in [0.2, 0.25) is 0 Å². The van der Waals surface area contributed by atoms with Gasteiger partial charge in [-0.05, 0) is 30.2 Å². The highest BCUT2D eigenvalue weighted by Gasteiger charge is 2.04. The van der Waals surface area contributed by atoms with Crippen molar-refractivity contribution >= 4 is 18.1 Å². The van der Waals surface area contributed by atoms with E-state index in [1.54, 1.807) is 19.1 Å². The van der Waals surface area contributed by atoms with Crippen molar-refractivity contribution in [1.82, 2.24) is 0 Å². The topological polar surface area (TPSA) is 26.3 Å². The van der Waals surface area contributed by atoms with E-state index in [4.69, 9.17) is 4.74 Å². The molecule has 0 bridgehead atoms. The van der Waals surface area contributed by atoms with Crippen molar-refractivity contribution < 1.29 is 9.53 Å². The van der Waals surface area contributed by atoms with Gasteiger partial charge in [0.1, 0.15) is 0 Å². The molecule has 0 heterocycles. The van der Waals surface area contributed by atoms with Crippen LogP contribution >= 0.6 is 0 Å². The largest absolute Gasteiger partial charge is 0.462 e. The van der Waals surface area contributed by atoms with Crippen LogP contribution in [0.25, 0.3) is 12.2 Å². The number of benzene rings is 2. The van der Waals surface area contributed by atoms with E-state index in [-0.39, 0.29) is 5.97 Å². The molecule has 2 aromatic carbocycles. The Hall–Kier alpha value is -2.35. The predicted molar refractivity (Wildman–Crippen MR) is 77.8 cm³/mol. The van der Waals surface area contributed by atoms with E-state index in [9.17, 15) is 4.79 Å². The van der Waals surface area contributed by atoms with Crippen LogP contribution in [-0.2, 0) is 4.74 Å². The molecule has 0 aliphatic rings. The highest BCUT2D eigenvalue weighted by molar-refractivity contribution is 5.89. The smallest absolute Gasteiger partial charge is 0.338 e. The van der Waals surface area contributed by atoms with Crippen LogP contribution in [0, 0.1) is 0 Å². The lowest BCUT2D eigenvalue weighted by atomic mass is 10.1. The fraction of sp³-hybridized carbons (Fsp3) is 0.118. The molecule has 0 amide bonds. The highest BCUT2D eigenvalue weighted by Crippen LogP contribution is 2.10. The Balaban J connectivity index is 2.07. The minimum absolute atomic E-state index is 0.277. The minimum atomic E-state index is -0.277. The highest BCUT2D eigenvalue weighted by atomic mass is 16.5. The van der Waals surface area contributed by atoms with Gasteiger partial charge in [0.15, 0.2) is 0 Å². The summed E-state index contributed by atoms with van der Waals surface area (Å²) in [6.07, 6.45) is 4.06. The zero-order chi connectivity index (χ0) is 13.5. The average molecular weight is 252 g/mol. The summed E-state index contributed by atoms with van der Waals surface area (Å²) in [5.74, 6) is -0.277. The van der Waals surface area contributed by atoms with Gasteiger partial charge >= 0.3 is 5.97 Å². The number of carbonyl (C=O) groups is 1. The third-order valence-electron chi connectivity index (χ3n) is 2.69. The number of carbonyl (C=O) groups excluding carboxylic acids is 1. The Labute approximate surface area is 113 Å². The van der Waals surface area contributed by atoms with Crippen molar-refractivity contribution in [1.29, 1.82) is 0 Å². The first-order valence-corrected chi connectivity index (χ1v) is 6.30. The van der Waals surface area contributed by atoms with E-state index >= 15 is 0 Å². The van der Waals surface area contributed by atoms with Crippen molar-refractivity contribution in [3.8, 4) is 0 Å². The molecule has 0 unspecified atom stereocenters. The maximum atomic E-state index is 11.5. The van der Waals surface area contributed by atoms with E-state index in [1.807, 2.05) is 54.6 Å². The quantitative estimate of drug-likeness (QED) is 0.606. The van der Waals surface area contributed by atoms with Crippen LogP contribution in [0.3, 0.4) is 0 Å². The standard InChI is InChI=1S/C17H16O2/c1-2-19-17(18)16-12-10-15(11-13-16)9-8-14-6-4-3-5-7-14/h3-13H,2H2,1H3/b9-8-. The fourth-order valence-electron chi connectivity index (χ4n) is 1.70. The van der Waals surface area contributed by atoms with Gasteiger partial charge in [0.05, 0.1) is 12.2 Å². The molecule has 0 spiro atoms. The van der Waals surface area contributed by atoms with E-state index in [0.717, 1.165) is 11.1 Å². The van der Waals surface area contributed by atoms with E-state index in [0.29, 0.717) is 12.2 Å². The van der Waals surface area contributed by atoms with Crippen LogP contribution < -0.4 is 0 Å². The Bertz CT molecular complexity index is 554. The normalized spacial score (nSPS) is 10.6. The summed E-state index contributed by atoms with van der Waals surface area (Å²) in [5, 5.41) is 0. The van der Waals surface area contributed by atoms with Crippen molar-refractivity contribution in [2.24, 2.45) is 0 Å². The molecule has 2 nitrogen and oxygen atoms in total. The molecule has 0 radical (unpaired) electrons. The third-order valence-corrected chi connectivity index (χ3v) is 2.69. The predicted octanol–water partition coefficient (Wildman–Crippen LogP) is 4.03. The number of hydrogen-bond acceptors (Lipinski definition) is 2. The van der Waals surface area contributed by atoms with Crippen molar-refractivity contribution in [2.45, 2.75) is 6.92 Å². The first-order valence-electron chi connectivity index (χ1n) is 6.30. The molecule has 0 atom stereocenters. The first kappa shape index (κ1) is 13.1. The third kappa shape index (κ3) is 3.81. The summed E-state index contributed by atoms with van der Waals surface area (Å²) in [5.41, 5.74) is 2.78. The molecule has 0 fully saturated rings. The molecule has 0 saturated heterocycles. The summed E-state index contributed by atoms with van der Waals surface area (Å²) in [6.45, 7) is 2.20. The van der Waals surface area contributed by atoms with Gasteiger partial charge < -0.3 is 4.74 Å². The summed E-state index contributed by atoms with van der Waals surface area (Å²) < 4.78 is 4.94. The maximum Gasteiger partial charge on any atom is 0.338 e. The van der Waals surface area contributed by atoms with E-state index < -0.39 is 0 Å². The summed E-state index contributed by atoms with van der Waals surface area (Å²) in [6, 6.07) is 17.5. The monoisotopic (exact) mass is 252 g/mol. The fourth-order valence-corrected chi connectivity index (χ4v) is 1.70. The van der Waals surface area contributed by atoms with Crippen molar-refractivity contribution in [3.05, 3.63) is 71.3 Å². The molecular weight excluding hydrogens is 236 g/mol. The Kier molecular flexibility index (Phi) is 4.51. The molecular formula is C17H16O2. The molecule has 2 aromatic rings. The number of ether oxygens (including phenoxy) is 1. The molecule has 0 saturated carbocycles. The minimum Gasteiger partial charge on any atom is -0.462 e. The van der Waals surface area contributed by atoms with Crippen LogP contribution in [0.4, 0.5) is 0 Å². The summed E-state index contributed by atoms with van der Waals surface area (Å²) >= 11 is 0. The van der Waals surface area contributed by atoms with Crippen molar-refractivity contribution in [2.75, 3.05) is 6.61 Å².